The third-order valence-corrected chi connectivity index (χ3v) is 4.40. The Hall–Kier alpha value is -2.85. The summed E-state index contributed by atoms with van der Waals surface area (Å²) in [6, 6.07) is 20.2. The minimum atomic E-state index is -0.443. The fraction of sp³-hybridized carbons (Fsp3) is 0.227. The van der Waals surface area contributed by atoms with Gasteiger partial charge in [-0.15, -0.1) is 0 Å². The summed E-state index contributed by atoms with van der Waals surface area (Å²) < 4.78 is 5.46. The van der Waals surface area contributed by atoms with E-state index in [1.165, 1.54) is 21.9 Å². The second-order valence-electron chi connectivity index (χ2n) is 6.29. The van der Waals surface area contributed by atoms with Crippen molar-refractivity contribution in [3.8, 4) is 5.75 Å². The van der Waals surface area contributed by atoms with Crippen LogP contribution in [0.15, 0.2) is 60.7 Å². The highest BCUT2D eigenvalue weighted by Crippen LogP contribution is 2.18. The summed E-state index contributed by atoms with van der Waals surface area (Å²) in [6.07, 6.45) is 0.770. The van der Waals surface area contributed by atoms with E-state index in [-0.39, 0.29) is 6.61 Å². The van der Waals surface area contributed by atoms with Crippen molar-refractivity contribution >= 4 is 16.7 Å². The molecule has 1 N–H and O–H groups in total. The van der Waals surface area contributed by atoms with Crippen LogP contribution in [0.25, 0.3) is 10.8 Å². The molecule has 4 heteroatoms. The SMILES string of the molecule is Cc1ccc(OCC(=O)ONCCc2cccc3ccccc23)cc1C. The summed E-state index contributed by atoms with van der Waals surface area (Å²) in [5.74, 6) is 0.224. The highest BCUT2D eigenvalue weighted by Gasteiger charge is 2.06. The van der Waals surface area contributed by atoms with Crippen LogP contribution in [0.4, 0.5) is 0 Å². The molecule has 0 aromatic heterocycles. The molecule has 0 aliphatic rings. The molecule has 0 bridgehead atoms. The maximum Gasteiger partial charge on any atom is 0.362 e. The van der Waals surface area contributed by atoms with E-state index >= 15 is 0 Å². The third-order valence-electron chi connectivity index (χ3n) is 4.40. The molecule has 0 atom stereocenters. The predicted octanol–water partition coefficient (Wildman–Crippen LogP) is 4.13. The van der Waals surface area contributed by atoms with Gasteiger partial charge in [0.15, 0.2) is 6.61 Å². The van der Waals surface area contributed by atoms with Gasteiger partial charge in [-0.2, -0.15) is 5.48 Å². The number of aryl methyl sites for hydroxylation is 2. The number of hydrogen-bond acceptors (Lipinski definition) is 4. The first-order chi connectivity index (χ1) is 12.6. The molecule has 3 aromatic rings. The van der Waals surface area contributed by atoms with Gasteiger partial charge in [0.1, 0.15) is 5.75 Å². The van der Waals surface area contributed by atoms with Crippen molar-refractivity contribution in [1.82, 2.24) is 5.48 Å². The molecular weight excluding hydrogens is 326 g/mol. The second-order valence-corrected chi connectivity index (χ2v) is 6.29. The zero-order valence-electron chi connectivity index (χ0n) is 15.1. The van der Waals surface area contributed by atoms with Gasteiger partial charge in [-0.1, -0.05) is 48.5 Å². The van der Waals surface area contributed by atoms with Crippen LogP contribution in [0.5, 0.6) is 5.75 Å². The van der Waals surface area contributed by atoms with Crippen molar-refractivity contribution < 1.29 is 14.4 Å². The molecule has 0 spiro atoms. The lowest BCUT2D eigenvalue weighted by Gasteiger charge is -2.10. The van der Waals surface area contributed by atoms with Crippen LogP contribution in [-0.2, 0) is 16.1 Å². The largest absolute Gasteiger partial charge is 0.482 e. The molecule has 26 heavy (non-hydrogen) atoms. The molecule has 0 unspecified atom stereocenters. The van der Waals surface area contributed by atoms with Crippen LogP contribution in [0.2, 0.25) is 0 Å². The summed E-state index contributed by atoms with van der Waals surface area (Å²) in [6.45, 7) is 4.47. The molecule has 0 fully saturated rings. The van der Waals surface area contributed by atoms with E-state index in [9.17, 15) is 4.79 Å². The van der Waals surface area contributed by atoms with Gasteiger partial charge in [0.25, 0.3) is 0 Å². The lowest BCUT2D eigenvalue weighted by Crippen LogP contribution is -2.26. The molecule has 0 aliphatic carbocycles. The van der Waals surface area contributed by atoms with Crippen LogP contribution in [-0.4, -0.2) is 19.1 Å². The van der Waals surface area contributed by atoms with Crippen molar-refractivity contribution in [2.75, 3.05) is 13.2 Å². The Kier molecular flexibility index (Phi) is 5.87. The number of benzene rings is 3. The minimum absolute atomic E-state index is 0.121. The molecule has 0 saturated heterocycles. The number of fused-ring (bicyclic) bond motifs is 1. The molecule has 0 aliphatic heterocycles. The Morgan fingerprint density at radius 2 is 1.77 bits per heavy atom. The molecule has 134 valence electrons. The maximum atomic E-state index is 11.8. The summed E-state index contributed by atoms with van der Waals surface area (Å²) >= 11 is 0. The number of carbonyl (C=O) groups is 1. The molecule has 4 nitrogen and oxygen atoms in total. The van der Waals surface area contributed by atoms with Gasteiger partial charge in [-0.25, -0.2) is 4.79 Å². The van der Waals surface area contributed by atoms with Crippen molar-refractivity contribution in [1.29, 1.82) is 0 Å². The van der Waals surface area contributed by atoms with Crippen LogP contribution in [0.1, 0.15) is 16.7 Å². The van der Waals surface area contributed by atoms with Gasteiger partial charge >= 0.3 is 5.97 Å². The Morgan fingerprint density at radius 3 is 2.62 bits per heavy atom. The van der Waals surface area contributed by atoms with Gasteiger partial charge in [0.2, 0.25) is 0 Å². The number of carbonyl (C=O) groups excluding carboxylic acids is 1. The van der Waals surface area contributed by atoms with E-state index in [1.54, 1.807) is 0 Å². The number of ether oxygens (including phenoxy) is 1. The zero-order valence-corrected chi connectivity index (χ0v) is 15.1. The quantitative estimate of drug-likeness (QED) is 0.515. The fourth-order valence-electron chi connectivity index (χ4n) is 2.80. The van der Waals surface area contributed by atoms with Crippen molar-refractivity contribution in [2.24, 2.45) is 0 Å². The average molecular weight is 349 g/mol. The predicted molar refractivity (Wildman–Crippen MR) is 103 cm³/mol. The molecular formula is C22H23NO3. The Morgan fingerprint density at radius 1 is 0.962 bits per heavy atom. The van der Waals surface area contributed by atoms with Crippen LogP contribution in [0, 0.1) is 13.8 Å². The summed E-state index contributed by atoms with van der Waals surface area (Å²) in [5.41, 5.74) is 6.26. The molecule has 0 radical (unpaired) electrons. The topological polar surface area (TPSA) is 47.6 Å². The highest BCUT2D eigenvalue weighted by molar-refractivity contribution is 5.85. The lowest BCUT2D eigenvalue weighted by atomic mass is 10.0. The smallest absolute Gasteiger partial charge is 0.362 e. The summed E-state index contributed by atoms with van der Waals surface area (Å²) in [5, 5.41) is 2.44. The number of hydroxylamine groups is 1. The number of hydrogen-bond donors (Lipinski definition) is 1. The monoisotopic (exact) mass is 349 g/mol. The van der Waals surface area contributed by atoms with Gasteiger partial charge in [0.05, 0.1) is 0 Å². The normalized spacial score (nSPS) is 10.7. The number of nitrogens with one attached hydrogen (secondary N) is 1. The van der Waals surface area contributed by atoms with Crippen LogP contribution < -0.4 is 10.2 Å². The van der Waals surface area contributed by atoms with E-state index in [0.29, 0.717) is 12.3 Å². The average Bonchev–Trinajstić information content (AvgIpc) is 2.66. The standard InChI is InChI=1S/C22H23NO3/c1-16-10-11-20(14-17(16)2)25-15-22(24)26-23-13-12-19-8-5-7-18-6-3-4-9-21(18)19/h3-11,14,23H,12-13,15H2,1-2H3. The Bertz CT molecular complexity index is 900. The molecule has 3 rings (SSSR count). The lowest BCUT2D eigenvalue weighted by molar-refractivity contribution is -0.153. The third kappa shape index (κ3) is 4.61. The minimum Gasteiger partial charge on any atom is -0.482 e. The summed E-state index contributed by atoms with van der Waals surface area (Å²) in [4.78, 5) is 16.8. The van der Waals surface area contributed by atoms with E-state index in [2.05, 4.69) is 29.7 Å². The van der Waals surface area contributed by atoms with E-state index < -0.39 is 5.97 Å². The second kappa shape index (κ2) is 8.50. The Balaban J connectivity index is 1.43. The van der Waals surface area contributed by atoms with Gasteiger partial charge < -0.3 is 9.57 Å². The van der Waals surface area contributed by atoms with E-state index in [1.807, 2.05) is 50.2 Å². The molecule has 0 amide bonds. The van der Waals surface area contributed by atoms with E-state index in [4.69, 9.17) is 9.57 Å². The first-order valence-electron chi connectivity index (χ1n) is 8.73. The van der Waals surface area contributed by atoms with Gasteiger partial charge in [-0.3, -0.25) is 0 Å². The van der Waals surface area contributed by atoms with Gasteiger partial charge in [0, 0.05) is 6.54 Å². The van der Waals surface area contributed by atoms with Crippen LogP contribution in [0.3, 0.4) is 0 Å². The first-order valence-corrected chi connectivity index (χ1v) is 8.73. The molecule has 3 aromatic carbocycles. The van der Waals surface area contributed by atoms with Crippen LogP contribution >= 0.6 is 0 Å². The van der Waals surface area contributed by atoms with Gasteiger partial charge in [-0.05, 0) is 59.9 Å². The molecule has 0 saturated carbocycles. The first kappa shape index (κ1) is 18.0. The maximum absolute atomic E-state index is 11.8. The molecule has 0 heterocycles. The number of rotatable bonds is 7. The zero-order chi connectivity index (χ0) is 18.4. The highest BCUT2D eigenvalue weighted by atomic mass is 16.7. The Labute approximate surface area is 153 Å². The fourth-order valence-corrected chi connectivity index (χ4v) is 2.80. The summed E-state index contributed by atoms with van der Waals surface area (Å²) in [7, 11) is 0. The van der Waals surface area contributed by atoms with Crippen molar-refractivity contribution in [2.45, 2.75) is 20.3 Å². The van der Waals surface area contributed by atoms with Crippen molar-refractivity contribution in [3.05, 3.63) is 77.4 Å². The van der Waals surface area contributed by atoms with Crippen molar-refractivity contribution in [3.63, 3.8) is 0 Å². The van der Waals surface area contributed by atoms with E-state index in [0.717, 1.165) is 12.0 Å².